The van der Waals surface area contributed by atoms with Crippen LogP contribution in [-0.2, 0) is 0 Å². The van der Waals surface area contributed by atoms with Crippen LogP contribution in [0.15, 0.2) is 133 Å². The van der Waals surface area contributed by atoms with Crippen LogP contribution in [-0.4, -0.2) is 10.6 Å². The lowest BCUT2D eigenvalue weighted by Crippen LogP contribution is -2.31. The molecule has 3 atom stereocenters. The van der Waals surface area contributed by atoms with Gasteiger partial charge < -0.3 is 9.47 Å². The molecule has 5 nitrogen and oxygen atoms in total. The number of para-hydroxylation sites is 3. The largest absolute Gasteiger partial charge is 0.337 e. The van der Waals surface area contributed by atoms with Gasteiger partial charge in [-0.05, 0) is 77.9 Å². The highest BCUT2D eigenvalue weighted by molar-refractivity contribution is 5.93. The van der Waals surface area contributed by atoms with Crippen molar-refractivity contribution >= 4 is 28.4 Å². The average molecular weight is 642 g/mol. The van der Waals surface area contributed by atoms with Crippen LogP contribution in [0.4, 0.5) is 11.4 Å². The summed E-state index contributed by atoms with van der Waals surface area (Å²) in [6, 6.07) is 47.5. The molecule has 3 unspecified atom stereocenters. The van der Waals surface area contributed by atoms with Gasteiger partial charge in [0, 0.05) is 45.4 Å². The van der Waals surface area contributed by atoms with E-state index in [9.17, 15) is 15.8 Å². The summed E-state index contributed by atoms with van der Waals surface area (Å²) in [4.78, 5) is 2.37. The van der Waals surface area contributed by atoms with Crippen molar-refractivity contribution in [3.05, 3.63) is 155 Å². The molecule has 1 aromatic heterocycles. The maximum atomic E-state index is 10.4. The number of nitrogens with zero attached hydrogens (tertiary/aromatic N) is 5. The van der Waals surface area contributed by atoms with Gasteiger partial charge in [-0.2, -0.15) is 15.8 Å². The van der Waals surface area contributed by atoms with E-state index in [-0.39, 0.29) is 17.9 Å². The minimum Gasteiger partial charge on any atom is -0.337 e. The fourth-order valence-electron chi connectivity index (χ4n) is 8.47. The maximum absolute atomic E-state index is 10.4. The van der Waals surface area contributed by atoms with Crippen molar-refractivity contribution in [1.82, 2.24) is 4.57 Å². The monoisotopic (exact) mass is 641 g/mol. The molecule has 0 fully saturated rings. The van der Waals surface area contributed by atoms with Crippen molar-refractivity contribution in [2.24, 2.45) is 0 Å². The summed E-state index contributed by atoms with van der Waals surface area (Å²) in [5, 5.41) is 31.1. The Morgan fingerprint density at radius 3 is 2.24 bits per heavy atom. The third-order valence-electron chi connectivity index (χ3n) is 10.7. The molecule has 9 rings (SSSR count). The van der Waals surface area contributed by atoms with E-state index in [0.29, 0.717) is 5.56 Å². The molecule has 6 aromatic rings. The lowest BCUT2D eigenvalue weighted by molar-refractivity contribution is 0.557. The number of allylic oxidation sites excluding steroid dienone is 2. The summed E-state index contributed by atoms with van der Waals surface area (Å²) in [6.45, 7) is 0. The van der Waals surface area contributed by atoms with Gasteiger partial charge in [-0.3, -0.25) is 0 Å². The lowest BCUT2D eigenvalue weighted by atomic mass is 9.84. The number of hydrogen-bond donors (Lipinski definition) is 0. The molecule has 0 amide bonds. The quantitative estimate of drug-likeness (QED) is 0.192. The zero-order valence-electron chi connectivity index (χ0n) is 27.3. The van der Waals surface area contributed by atoms with Crippen molar-refractivity contribution in [3.63, 3.8) is 0 Å². The Balaban J connectivity index is 1.09. The number of nitriles is 3. The Labute approximate surface area is 291 Å². The molecule has 0 spiro atoms. The van der Waals surface area contributed by atoms with Crippen LogP contribution in [0.25, 0.3) is 44.9 Å². The van der Waals surface area contributed by atoms with Gasteiger partial charge in [0.2, 0.25) is 0 Å². The molecular weight excluding hydrogens is 611 g/mol. The Kier molecular flexibility index (Phi) is 6.98. The smallest absolute Gasteiger partial charge is 0.0998 e. The highest BCUT2D eigenvalue weighted by Crippen LogP contribution is 2.50. The molecule has 5 aromatic carbocycles. The molecule has 50 heavy (non-hydrogen) atoms. The van der Waals surface area contributed by atoms with Crippen LogP contribution in [0.3, 0.4) is 0 Å². The normalized spacial score (nSPS) is 18.7. The predicted octanol–water partition coefficient (Wildman–Crippen LogP) is 10.7. The van der Waals surface area contributed by atoms with Crippen LogP contribution in [0, 0.1) is 34.0 Å². The molecule has 0 N–H and O–H groups in total. The van der Waals surface area contributed by atoms with Crippen LogP contribution < -0.4 is 4.90 Å². The van der Waals surface area contributed by atoms with Crippen LogP contribution in [0.1, 0.15) is 53.5 Å². The van der Waals surface area contributed by atoms with Gasteiger partial charge >= 0.3 is 0 Å². The molecular formula is C45H31N5. The first-order valence-corrected chi connectivity index (χ1v) is 17.1. The lowest BCUT2D eigenvalue weighted by Gasteiger charge is -2.32. The summed E-state index contributed by atoms with van der Waals surface area (Å²) in [5.41, 5.74) is 13.2. The molecule has 2 aliphatic carbocycles. The fourth-order valence-corrected chi connectivity index (χ4v) is 8.47. The second-order valence-corrected chi connectivity index (χ2v) is 13.3. The van der Waals surface area contributed by atoms with Gasteiger partial charge in [-0.1, -0.05) is 97.1 Å². The maximum Gasteiger partial charge on any atom is 0.0998 e. The zero-order valence-corrected chi connectivity index (χ0v) is 27.3. The van der Waals surface area contributed by atoms with Gasteiger partial charge in [-0.25, -0.2) is 0 Å². The number of fused-ring (bicyclic) bond motifs is 6. The third kappa shape index (κ3) is 4.51. The minimum atomic E-state index is -0.175. The van der Waals surface area contributed by atoms with E-state index < -0.39 is 0 Å². The molecule has 0 saturated heterocycles. The van der Waals surface area contributed by atoms with E-state index >= 15 is 0 Å². The van der Waals surface area contributed by atoms with Crippen molar-refractivity contribution in [2.75, 3.05) is 4.90 Å². The Hall–Kier alpha value is -6.61. The van der Waals surface area contributed by atoms with Crippen molar-refractivity contribution in [1.29, 1.82) is 15.8 Å². The molecule has 1 aliphatic heterocycles. The van der Waals surface area contributed by atoms with E-state index in [1.807, 2.05) is 12.1 Å². The second kappa shape index (κ2) is 11.8. The van der Waals surface area contributed by atoms with Crippen molar-refractivity contribution in [3.8, 4) is 46.1 Å². The first-order valence-electron chi connectivity index (χ1n) is 17.1. The summed E-state index contributed by atoms with van der Waals surface area (Å²) < 4.78 is 2.30. The van der Waals surface area contributed by atoms with Crippen LogP contribution in [0.2, 0.25) is 0 Å². The molecule has 3 aliphatic rings. The van der Waals surface area contributed by atoms with Gasteiger partial charge in [-0.15, -0.1) is 0 Å². The molecule has 0 radical (unpaired) electrons. The summed E-state index contributed by atoms with van der Waals surface area (Å²) >= 11 is 0. The van der Waals surface area contributed by atoms with Gasteiger partial charge in [0.05, 0.1) is 46.6 Å². The molecule has 236 valence electrons. The number of anilines is 2. The van der Waals surface area contributed by atoms with Crippen LogP contribution in [0.5, 0.6) is 0 Å². The first kappa shape index (κ1) is 29.5. The highest BCUT2D eigenvalue weighted by Gasteiger charge is 2.40. The summed E-state index contributed by atoms with van der Waals surface area (Å²) in [6.07, 6.45) is 8.78. The van der Waals surface area contributed by atoms with E-state index in [4.69, 9.17) is 0 Å². The highest BCUT2D eigenvalue weighted by atomic mass is 15.2. The minimum absolute atomic E-state index is 0.161. The topological polar surface area (TPSA) is 79.5 Å². The van der Waals surface area contributed by atoms with E-state index in [1.54, 1.807) is 0 Å². The molecule has 0 saturated carbocycles. The Bertz CT molecular complexity index is 2530. The van der Waals surface area contributed by atoms with Crippen molar-refractivity contribution < 1.29 is 0 Å². The number of rotatable bonds is 4. The van der Waals surface area contributed by atoms with Crippen molar-refractivity contribution in [2.45, 2.75) is 37.1 Å². The molecule has 5 heteroatoms. The summed E-state index contributed by atoms with van der Waals surface area (Å²) in [5.74, 6) is -0.0139. The second-order valence-electron chi connectivity index (χ2n) is 13.3. The average Bonchev–Trinajstić information content (AvgIpc) is 3.70. The fraction of sp³-hybridized carbons (Fsp3) is 0.133. The van der Waals surface area contributed by atoms with Gasteiger partial charge in [0.1, 0.15) is 0 Å². The predicted molar refractivity (Wildman–Crippen MR) is 199 cm³/mol. The van der Waals surface area contributed by atoms with Crippen LogP contribution >= 0.6 is 0 Å². The summed E-state index contributed by atoms with van der Waals surface area (Å²) in [7, 11) is 0. The first-order chi connectivity index (χ1) is 24.7. The number of benzene rings is 5. The van der Waals surface area contributed by atoms with Gasteiger partial charge in [0.25, 0.3) is 0 Å². The Morgan fingerprint density at radius 2 is 1.44 bits per heavy atom. The number of hydrogen-bond acceptors (Lipinski definition) is 4. The van der Waals surface area contributed by atoms with E-state index in [0.717, 1.165) is 86.3 Å². The molecule has 0 bridgehead atoms. The standard InChI is InChI=1S/C45H31N5/c46-26-29-16-23-43-39(24-29)37-10-2-5-13-41(37)49(43)34-21-22-35(33(25-34)28-48)30-17-19-31(20-18-30)36-9-1-4-12-40(36)50-42-14-6-3-11-38(42)45-32(27-47)8-7-15-44(45)50/h1-7,9-15,17-22,24-25,32,39,43H,8,16,23H2. The third-order valence-corrected chi connectivity index (χ3v) is 10.7. The molecule has 2 heterocycles. The number of aromatic nitrogens is 1. The van der Waals surface area contributed by atoms with E-state index in [2.05, 4.69) is 149 Å². The SMILES string of the molecule is N#CC1=CC2c3ccccc3N(c3ccc(-c4ccc(-c5ccccc5-n5c6c(c7ccccc75)C(C#N)CC=C6)cc4)c(C#N)c3)C2CC1. The van der Waals surface area contributed by atoms with Gasteiger partial charge in [0.15, 0.2) is 0 Å². The zero-order chi connectivity index (χ0) is 33.8. The Morgan fingerprint density at radius 1 is 0.700 bits per heavy atom. The van der Waals surface area contributed by atoms with E-state index in [1.165, 1.54) is 5.56 Å².